The van der Waals surface area contributed by atoms with E-state index in [1.165, 1.54) is 30.5 Å². The normalized spacial score (nSPS) is 29.9. The van der Waals surface area contributed by atoms with Crippen molar-refractivity contribution in [2.45, 2.75) is 50.6 Å². The topological polar surface area (TPSA) is 58.4 Å². The standard InChI is InChI=1S/C19H27N3O.2ClH/c20-16-10-14-5-3-6-15(11-16)19(14)21-18(23)12-22-9-8-13-4-1-2-7-17(13)22;;/h1-2,4,7,14-16,19H,3,5-6,8-12,20H2,(H,21,23);2*1H. The number of carbonyl (C=O) groups excluding carboxylic acids is 1. The minimum Gasteiger partial charge on any atom is -0.362 e. The highest BCUT2D eigenvalue weighted by atomic mass is 35.5. The maximum absolute atomic E-state index is 12.6. The third-order valence-electron chi connectivity index (χ3n) is 6.02. The van der Waals surface area contributed by atoms with Gasteiger partial charge in [0.1, 0.15) is 0 Å². The van der Waals surface area contributed by atoms with Gasteiger partial charge in [-0.3, -0.25) is 4.79 Å². The van der Waals surface area contributed by atoms with Crippen LogP contribution in [0.3, 0.4) is 0 Å². The number of anilines is 1. The number of rotatable bonds is 3. The van der Waals surface area contributed by atoms with Gasteiger partial charge in [-0.05, 0) is 55.6 Å². The molecule has 1 aromatic carbocycles. The zero-order valence-electron chi connectivity index (χ0n) is 14.5. The number of carbonyl (C=O) groups is 1. The lowest BCUT2D eigenvalue weighted by atomic mass is 9.67. The van der Waals surface area contributed by atoms with Gasteiger partial charge in [0.2, 0.25) is 5.91 Å². The summed E-state index contributed by atoms with van der Waals surface area (Å²) < 4.78 is 0. The molecule has 2 unspecified atom stereocenters. The molecule has 1 aliphatic heterocycles. The van der Waals surface area contributed by atoms with Crippen LogP contribution >= 0.6 is 24.8 Å². The minimum atomic E-state index is 0. The second kappa shape index (κ2) is 8.61. The summed E-state index contributed by atoms with van der Waals surface area (Å²) in [7, 11) is 0. The molecule has 4 rings (SSSR count). The van der Waals surface area contributed by atoms with Gasteiger partial charge in [0, 0.05) is 24.3 Å². The minimum absolute atomic E-state index is 0. The molecular formula is C19H29Cl2N3O. The second-order valence-electron chi connectivity index (χ2n) is 7.58. The highest BCUT2D eigenvalue weighted by Gasteiger charge is 2.40. The maximum atomic E-state index is 12.6. The van der Waals surface area contributed by atoms with Crippen LogP contribution in [0, 0.1) is 11.8 Å². The molecule has 1 aromatic rings. The third kappa shape index (κ3) is 4.24. The lowest BCUT2D eigenvalue weighted by molar-refractivity contribution is -0.122. The zero-order chi connectivity index (χ0) is 15.8. The van der Waals surface area contributed by atoms with E-state index in [4.69, 9.17) is 5.73 Å². The number of nitrogens with zero attached hydrogens (tertiary/aromatic N) is 1. The van der Waals surface area contributed by atoms with Crippen LogP contribution in [0.25, 0.3) is 0 Å². The van der Waals surface area contributed by atoms with Crippen molar-refractivity contribution in [2.75, 3.05) is 18.0 Å². The molecule has 2 fully saturated rings. The monoisotopic (exact) mass is 385 g/mol. The van der Waals surface area contributed by atoms with Crippen molar-refractivity contribution < 1.29 is 4.79 Å². The molecule has 2 bridgehead atoms. The van der Waals surface area contributed by atoms with Gasteiger partial charge >= 0.3 is 0 Å². The first-order valence-electron chi connectivity index (χ1n) is 9.08. The Bertz CT molecular complexity index is 584. The molecule has 3 N–H and O–H groups in total. The van der Waals surface area contributed by atoms with Gasteiger partial charge in [0.05, 0.1) is 6.54 Å². The van der Waals surface area contributed by atoms with Crippen molar-refractivity contribution in [2.24, 2.45) is 17.6 Å². The van der Waals surface area contributed by atoms with E-state index in [1.807, 2.05) is 0 Å². The predicted octanol–water partition coefficient (Wildman–Crippen LogP) is 2.91. The Morgan fingerprint density at radius 1 is 1.16 bits per heavy atom. The van der Waals surface area contributed by atoms with Gasteiger partial charge in [-0.15, -0.1) is 24.8 Å². The summed E-state index contributed by atoms with van der Waals surface area (Å²) in [4.78, 5) is 14.8. The zero-order valence-corrected chi connectivity index (χ0v) is 16.2. The van der Waals surface area contributed by atoms with Gasteiger partial charge in [-0.1, -0.05) is 24.6 Å². The third-order valence-corrected chi connectivity index (χ3v) is 6.02. The van der Waals surface area contributed by atoms with Crippen molar-refractivity contribution in [3.63, 3.8) is 0 Å². The summed E-state index contributed by atoms with van der Waals surface area (Å²) in [6.45, 7) is 1.44. The van der Waals surface area contributed by atoms with E-state index in [1.54, 1.807) is 0 Å². The van der Waals surface area contributed by atoms with Crippen LogP contribution in [-0.4, -0.2) is 31.1 Å². The Morgan fingerprint density at radius 2 is 1.84 bits per heavy atom. The second-order valence-corrected chi connectivity index (χ2v) is 7.58. The first-order chi connectivity index (χ1) is 11.2. The van der Waals surface area contributed by atoms with Crippen molar-refractivity contribution in [1.82, 2.24) is 5.32 Å². The Kier molecular flexibility index (Phi) is 7.01. The van der Waals surface area contributed by atoms with E-state index in [-0.39, 0.29) is 30.7 Å². The first-order valence-corrected chi connectivity index (χ1v) is 9.08. The molecule has 2 atom stereocenters. The number of hydrogen-bond donors (Lipinski definition) is 2. The number of nitrogens with two attached hydrogens (primary N) is 1. The summed E-state index contributed by atoms with van der Waals surface area (Å²) in [5, 5.41) is 3.36. The van der Waals surface area contributed by atoms with E-state index >= 15 is 0 Å². The molecule has 0 spiro atoms. The van der Waals surface area contributed by atoms with E-state index in [0.29, 0.717) is 30.5 Å². The van der Waals surface area contributed by atoms with Crippen LogP contribution in [0.4, 0.5) is 5.69 Å². The molecule has 0 radical (unpaired) electrons. The van der Waals surface area contributed by atoms with Crippen molar-refractivity contribution in [1.29, 1.82) is 0 Å². The Hall–Kier alpha value is -0.970. The molecular weight excluding hydrogens is 357 g/mol. The molecule has 0 aromatic heterocycles. The quantitative estimate of drug-likeness (QED) is 0.840. The number of fused-ring (bicyclic) bond motifs is 3. The maximum Gasteiger partial charge on any atom is 0.239 e. The van der Waals surface area contributed by atoms with Crippen LogP contribution in [0.2, 0.25) is 0 Å². The molecule has 1 amide bonds. The van der Waals surface area contributed by atoms with E-state index < -0.39 is 0 Å². The highest BCUT2D eigenvalue weighted by Crippen LogP contribution is 2.39. The SMILES string of the molecule is Cl.Cl.NC1CC2CCCC(C1)C2NC(=O)CN1CCc2ccccc21. The smallest absolute Gasteiger partial charge is 0.239 e. The molecule has 4 nitrogen and oxygen atoms in total. The van der Waals surface area contributed by atoms with Crippen LogP contribution < -0.4 is 16.0 Å². The summed E-state index contributed by atoms with van der Waals surface area (Å²) in [5.74, 6) is 1.36. The summed E-state index contributed by atoms with van der Waals surface area (Å²) in [5.41, 5.74) is 8.77. The van der Waals surface area contributed by atoms with Crippen molar-refractivity contribution in [3.05, 3.63) is 29.8 Å². The van der Waals surface area contributed by atoms with Gasteiger partial charge in [-0.2, -0.15) is 0 Å². The van der Waals surface area contributed by atoms with Crippen LogP contribution in [0.15, 0.2) is 24.3 Å². The highest BCUT2D eigenvalue weighted by molar-refractivity contribution is 5.85. The fourth-order valence-electron chi connectivity index (χ4n) is 5.00. The van der Waals surface area contributed by atoms with Gasteiger partial charge in [-0.25, -0.2) is 0 Å². The van der Waals surface area contributed by atoms with E-state index in [9.17, 15) is 4.79 Å². The molecule has 2 saturated carbocycles. The van der Waals surface area contributed by atoms with E-state index in [0.717, 1.165) is 25.8 Å². The number of amides is 1. The lowest BCUT2D eigenvalue weighted by Gasteiger charge is -2.45. The Balaban J connectivity index is 0.00000113. The molecule has 0 saturated heterocycles. The summed E-state index contributed by atoms with van der Waals surface area (Å²) >= 11 is 0. The van der Waals surface area contributed by atoms with Crippen LogP contribution in [-0.2, 0) is 11.2 Å². The Labute approximate surface area is 162 Å². The average Bonchev–Trinajstić information content (AvgIpc) is 2.91. The fourth-order valence-corrected chi connectivity index (χ4v) is 5.00. The largest absolute Gasteiger partial charge is 0.362 e. The van der Waals surface area contributed by atoms with E-state index in [2.05, 4.69) is 34.5 Å². The van der Waals surface area contributed by atoms with Gasteiger partial charge < -0.3 is 16.0 Å². The first kappa shape index (κ1) is 20.3. The summed E-state index contributed by atoms with van der Waals surface area (Å²) in [6.07, 6.45) is 6.95. The number of benzene rings is 1. The number of halogens is 2. The lowest BCUT2D eigenvalue weighted by Crippen LogP contribution is -2.55. The molecule has 140 valence electrons. The molecule has 3 aliphatic rings. The van der Waals surface area contributed by atoms with Crippen LogP contribution in [0.5, 0.6) is 0 Å². The number of hydrogen-bond acceptors (Lipinski definition) is 3. The molecule has 1 heterocycles. The fraction of sp³-hybridized carbons (Fsp3) is 0.632. The molecule has 25 heavy (non-hydrogen) atoms. The van der Waals surface area contributed by atoms with Gasteiger partial charge in [0.15, 0.2) is 0 Å². The van der Waals surface area contributed by atoms with Crippen LogP contribution in [0.1, 0.15) is 37.7 Å². The number of nitrogens with one attached hydrogen (secondary N) is 1. The summed E-state index contributed by atoms with van der Waals surface area (Å²) in [6, 6.07) is 9.12. The Morgan fingerprint density at radius 3 is 2.56 bits per heavy atom. The molecule has 2 aliphatic carbocycles. The number of para-hydroxylation sites is 1. The molecule has 6 heteroatoms. The van der Waals surface area contributed by atoms with Crippen molar-refractivity contribution >= 4 is 36.4 Å². The predicted molar refractivity (Wildman–Crippen MR) is 107 cm³/mol. The van der Waals surface area contributed by atoms with Crippen molar-refractivity contribution in [3.8, 4) is 0 Å². The van der Waals surface area contributed by atoms with Gasteiger partial charge in [0.25, 0.3) is 0 Å². The average molecular weight is 386 g/mol.